The molecule has 0 radical (unpaired) electrons. The molecule has 1 aromatic heterocycles. The SMILES string of the molecule is COc1cccc2c1-c1ccc(NS(C)(=O)=O)cc1C(c1cccnc1)O2. The Morgan fingerprint density at radius 1 is 1.15 bits per heavy atom. The summed E-state index contributed by atoms with van der Waals surface area (Å²) in [5.41, 5.74) is 3.98. The summed E-state index contributed by atoms with van der Waals surface area (Å²) < 4.78 is 37.6. The Morgan fingerprint density at radius 3 is 2.70 bits per heavy atom. The van der Waals surface area contributed by atoms with Gasteiger partial charge in [-0.05, 0) is 35.9 Å². The molecule has 3 aromatic rings. The summed E-state index contributed by atoms with van der Waals surface area (Å²) in [6, 6.07) is 14.8. The Labute approximate surface area is 157 Å². The zero-order valence-corrected chi connectivity index (χ0v) is 15.7. The fourth-order valence-corrected chi connectivity index (χ4v) is 3.85. The van der Waals surface area contributed by atoms with Gasteiger partial charge in [0, 0.05) is 29.2 Å². The highest BCUT2D eigenvalue weighted by Gasteiger charge is 2.30. The van der Waals surface area contributed by atoms with Crippen molar-refractivity contribution in [1.29, 1.82) is 0 Å². The van der Waals surface area contributed by atoms with Crippen molar-refractivity contribution in [3.05, 3.63) is 72.1 Å². The van der Waals surface area contributed by atoms with Gasteiger partial charge in [-0.15, -0.1) is 0 Å². The number of methoxy groups -OCH3 is 1. The van der Waals surface area contributed by atoms with Gasteiger partial charge in [0.2, 0.25) is 10.0 Å². The van der Waals surface area contributed by atoms with Crippen LogP contribution in [0.2, 0.25) is 0 Å². The summed E-state index contributed by atoms with van der Waals surface area (Å²) in [5, 5.41) is 0. The van der Waals surface area contributed by atoms with Gasteiger partial charge in [0.25, 0.3) is 0 Å². The number of pyridine rings is 1. The standard InChI is InChI=1S/C20H18N2O4S/c1-25-17-6-3-7-18-19(17)15-9-8-14(22-27(2,23)24)11-16(15)20(26-18)13-5-4-10-21-12-13/h3-12,20,22H,1-2H3. The smallest absolute Gasteiger partial charge is 0.229 e. The molecule has 138 valence electrons. The second-order valence-corrected chi connectivity index (χ2v) is 8.04. The number of ether oxygens (including phenoxy) is 2. The van der Waals surface area contributed by atoms with Gasteiger partial charge >= 0.3 is 0 Å². The molecule has 6 nitrogen and oxygen atoms in total. The molecule has 0 aliphatic carbocycles. The molecule has 7 heteroatoms. The lowest BCUT2D eigenvalue weighted by Crippen LogP contribution is -2.17. The lowest BCUT2D eigenvalue weighted by Gasteiger charge is -2.30. The molecule has 2 aromatic carbocycles. The van der Waals surface area contributed by atoms with Gasteiger partial charge in [-0.2, -0.15) is 0 Å². The Bertz CT molecular complexity index is 1100. The van der Waals surface area contributed by atoms with E-state index in [9.17, 15) is 8.42 Å². The maximum atomic E-state index is 11.6. The van der Waals surface area contributed by atoms with Gasteiger partial charge in [0.05, 0.1) is 18.9 Å². The highest BCUT2D eigenvalue weighted by Crippen LogP contribution is 2.49. The van der Waals surface area contributed by atoms with E-state index >= 15 is 0 Å². The van der Waals surface area contributed by atoms with Crippen LogP contribution in [0.3, 0.4) is 0 Å². The summed E-state index contributed by atoms with van der Waals surface area (Å²) in [7, 11) is -1.77. The molecule has 0 saturated heterocycles. The van der Waals surface area contributed by atoms with Gasteiger partial charge in [-0.25, -0.2) is 8.42 Å². The average molecular weight is 382 g/mol. The minimum Gasteiger partial charge on any atom is -0.496 e. The van der Waals surface area contributed by atoms with Crippen LogP contribution >= 0.6 is 0 Å². The van der Waals surface area contributed by atoms with E-state index in [-0.39, 0.29) is 0 Å². The van der Waals surface area contributed by atoms with Crippen molar-refractivity contribution in [3.8, 4) is 22.6 Å². The molecule has 1 aliphatic heterocycles. The largest absolute Gasteiger partial charge is 0.496 e. The minimum absolute atomic E-state index is 0.408. The molecule has 1 unspecified atom stereocenters. The van der Waals surface area contributed by atoms with Crippen LogP contribution in [0.1, 0.15) is 17.2 Å². The third-order valence-electron chi connectivity index (χ3n) is 4.35. The minimum atomic E-state index is -3.39. The Kier molecular flexibility index (Phi) is 4.24. The first kappa shape index (κ1) is 17.4. The van der Waals surface area contributed by atoms with Crippen molar-refractivity contribution in [2.24, 2.45) is 0 Å². The number of fused-ring (bicyclic) bond motifs is 3. The molecule has 0 amide bonds. The van der Waals surface area contributed by atoms with Gasteiger partial charge < -0.3 is 9.47 Å². The summed E-state index contributed by atoms with van der Waals surface area (Å²) in [6.45, 7) is 0. The number of nitrogens with zero attached hydrogens (tertiary/aromatic N) is 1. The molecule has 1 atom stereocenters. The van der Waals surface area contributed by atoms with Crippen LogP contribution in [0.4, 0.5) is 5.69 Å². The number of sulfonamides is 1. The molecule has 4 rings (SSSR count). The Morgan fingerprint density at radius 2 is 2.00 bits per heavy atom. The quantitative estimate of drug-likeness (QED) is 0.746. The van der Waals surface area contributed by atoms with Gasteiger partial charge in [0.1, 0.15) is 11.5 Å². The summed E-state index contributed by atoms with van der Waals surface area (Å²) in [4.78, 5) is 4.19. The number of nitrogens with one attached hydrogen (secondary N) is 1. The van der Waals surface area contributed by atoms with E-state index in [1.54, 1.807) is 31.6 Å². The van der Waals surface area contributed by atoms with Crippen LogP contribution in [0.25, 0.3) is 11.1 Å². The van der Waals surface area contributed by atoms with Gasteiger partial charge in [0.15, 0.2) is 6.10 Å². The number of benzene rings is 2. The highest BCUT2D eigenvalue weighted by molar-refractivity contribution is 7.92. The Hall–Kier alpha value is -3.06. The second-order valence-electron chi connectivity index (χ2n) is 6.29. The number of anilines is 1. The molecule has 1 N–H and O–H groups in total. The first-order valence-corrected chi connectivity index (χ1v) is 10.2. The van der Waals surface area contributed by atoms with E-state index in [0.29, 0.717) is 17.2 Å². The maximum absolute atomic E-state index is 11.6. The number of hydrogen-bond donors (Lipinski definition) is 1. The first-order chi connectivity index (χ1) is 13.0. The lowest BCUT2D eigenvalue weighted by atomic mass is 9.89. The topological polar surface area (TPSA) is 77.5 Å². The van der Waals surface area contributed by atoms with Gasteiger partial charge in [-0.1, -0.05) is 18.2 Å². The summed E-state index contributed by atoms with van der Waals surface area (Å²) in [6.07, 6.45) is 4.16. The average Bonchev–Trinajstić information content (AvgIpc) is 2.66. The predicted octanol–water partition coefficient (Wildman–Crippen LogP) is 3.61. The van der Waals surface area contributed by atoms with Crippen molar-refractivity contribution in [1.82, 2.24) is 4.98 Å². The summed E-state index contributed by atoms with van der Waals surface area (Å²) >= 11 is 0. The molecular weight excluding hydrogens is 364 g/mol. The zero-order valence-electron chi connectivity index (χ0n) is 14.8. The monoisotopic (exact) mass is 382 g/mol. The predicted molar refractivity (Wildman–Crippen MR) is 104 cm³/mol. The highest BCUT2D eigenvalue weighted by atomic mass is 32.2. The molecule has 27 heavy (non-hydrogen) atoms. The number of aromatic nitrogens is 1. The fourth-order valence-electron chi connectivity index (χ4n) is 3.30. The molecule has 2 heterocycles. The van der Waals surface area contributed by atoms with Crippen molar-refractivity contribution < 1.29 is 17.9 Å². The fraction of sp³-hybridized carbons (Fsp3) is 0.150. The van der Waals surface area contributed by atoms with E-state index in [2.05, 4.69) is 9.71 Å². The van der Waals surface area contributed by atoms with Crippen LogP contribution in [0, 0.1) is 0 Å². The van der Waals surface area contributed by atoms with Crippen molar-refractivity contribution >= 4 is 15.7 Å². The molecule has 1 aliphatic rings. The molecule has 0 spiro atoms. The van der Waals surface area contributed by atoms with Crippen LogP contribution in [0.5, 0.6) is 11.5 Å². The van der Waals surface area contributed by atoms with Crippen LogP contribution < -0.4 is 14.2 Å². The van der Waals surface area contributed by atoms with Crippen LogP contribution in [-0.2, 0) is 10.0 Å². The van der Waals surface area contributed by atoms with Crippen LogP contribution in [0.15, 0.2) is 60.9 Å². The molecule has 0 bridgehead atoms. The first-order valence-electron chi connectivity index (χ1n) is 8.32. The Balaban J connectivity index is 1.93. The van der Waals surface area contributed by atoms with Crippen molar-refractivity contribution in [2.45, 2.75) is 6.10 Å². The maximum Gasteiger partial charge on any atom is 0.229 e. The van der Waals surface area contributed by atoms with Gasteiger partial charge in [-0.3, -0.25) is 9.71 Å². The zero-order chi connectivity index (χ0) is 19.0. The van der Waals surface area contributed by atoms with E-state index in [1.165, 1.54) is 0 Å². The van der Waals surface area contributed by atoms with Crippen molar-refractivity contribution in [2.75, 3.05) is 18.1 Å². The van der Waals surface area contributed by atoms with E-state index in [0.717, 1.165) is 28.5 Å². The second kappa shape index (κ2) is 6.59. The molecular formula is C20H18N2O4S. The van der Waals surface area contributed by atoms with Crippen LogP contribution in [-0.4, -0.2) is 26.8 Å². The van der Waals surface area contributed by atoms with E-state index < -0.39 is 16.1 Å². The molecule has 0 saturated carbocycles. The lowest BCUT2D eigenvalue weighted by molar-refractivity contribution is 0.242. The number of rotatable bonds is 4. The van der Waals surface area contributed by atoms with E-state index in [1.807, 2.05) is 36.4 Å². The van der Waals surface area contributed by atoms with Crippen molar-refractivity contribution in [3.63, 3.8) is 0 Å². The molecule has 0 fully saturated rings. The summed E-state index contributed by atoms with van der Waals surface area (Å²) in [5.74, 6) is 1.40. The normalized spacial score (nSPS) is 15.3. The number of hydrogen-bond acceptors (Lipinski definition) is 5. The van der Waals surface area contributed by atoms with E-state index in [4.69, 9.17) is 9.47 Å². The third-order valence-corrected chi connectivity index (χ3v) is 4.95. The third kappa shape index (κ3) is 3.33.